The Morgan fingerprint density at radius 3 is 2.61 bits per heavy atom. The largest absolute Gasteiger partial charge is 0.359 e. The molecule has 5 rings (SSSR count). The number of nitrogens with one attached hydrogen (secondary N) is 2. The van der Waals surface area contributed by atoms with Crippen molar-refractivity contribution in [1.29, 1.82) is 0 Å². The summed E-state index contributed by atoms with van der Waals surface area (Å²) in [5.74, 6) is 0.676. The van der Waals surface area contributed by atoms with Crippen LogP contribution in [0.15, 0.2) is 54.9 Å². The van der Waals surface area contributed by atoms with Crippen molar-refractivity contribution >= 4 is 33.6 Å². The van der Waals surface area contributed by atoms with E-state index >= 15 is 0 Å². The smallest absolute Gasteiger partial charge is 0.253 e. The SMILES string of the molecule is CNC(=O)C1CC(n2c(-c3cncc4ccccc34)nc3cccc(C(=O)NC(C)C)c32)C1. The molecule has 7 nitrogen and oxygen atoms in total. The Labute approximate surface area is 192 Å². The van der Waals surface area contributed by atoms with Gasteiger partial charge < -0.3 is 15.2 Å². The number of nitrogens with zero attached hydrogens (tertiary/aromatic N) is 3. The summed E-state index contributed by atoms with van der Waals surface area (Å²) in [6, 6.07) is 13.8. The van der Waals surface area contributed by atoms with E-state index in [1.807, 2.05) is 62.6 Å². The maximum atomic E-state index is 13.1. The molecular formula is C26H27N5O2. The van der Waals surface area contributed by atoms with Crippen LogP contribution in [-0.2, 0) is 4.79 Å². The molecule has 2 aromatic carbocycles. The monoisotopic (exact) mass is 441 g/mol. The Balaban J connectivity index is 1.73. The first-order valence-corrected chi connectivity index (χ1v) is 11.3. The van der Waals surface area contributed by atoms with E-state index in [4.69, 9.17) is 4.98 Å². The number of carbonyl (C=O) groups excluding carboxylic acids is 2. The van der Waals surface area contributed by atoms with Crippen molar-refractivity contribution in [1.82, 2.24) is 25.2 Å². The van der Waals surface area contributed by atoms with Crippen molar-refractivity contribution in [3.63, 3.8) is 0 Å². The van der Waals surface area contributed by atoms with Crippen LogP contribution in [0.1, 0.15) is 43.1 Å². The van der Waals surface area contributed by atoms with Crippen molar-refractivity contribution < 1.29 is 9.59 Å². The van der Waals surface area contributed by atoms with Gasteiger partial charge in [0.05, 0.1) is 16.6 Å². The topological polar surface area (TPSA) is 88.9 Å². The number of imidazole rings is 1. The molecular weight excluding hydrogens is 414 g/mol. The number of amides is 2. The predicted octanol–water partition coefficient (Wildman–Crippen LogP) is 4.09. The van der Waals surface area contributed by atoms with Crippen molar-refractivity contribution in [2.75, 3.05) is 7.05 Å². The van der Waals surface area contributed by atoms with E-state index in [9.17, 15) is 9.59 Å². The van der Waals surface area contributed by atoms with E-state index in [-0.39, 0.29) is 29.8 Å². The average Bonchev–Trinajstić information content (AvgIpc) is 3.16. The number of aromatic nitrogens is 3. The van der Waals surface area contributed by atoms with Gasteiger partial charge in [-0.2, -0.15) is 0 Å². The molecule has 0 unspecified atom stereocenters. The fraction of sp³-hybridized carbons (Fsp3) is 0.308. The maximum Gasteiger partial charge on any atom is 0.253 e. The molecule has 1 fully saturated rings. The zero-order valence-electron chi connectivity index (χ0n) is 19.0. The molecule has 168 valence electrons. The summed E-state index contributed by atoms with van der Waals surface area (Å²) in [4.78, 5) is 34.7. The molecule has 0 atom stereocenters. The van der Waals surface area contributed by atoms with Crippen LogP contribution in [-0.4, -0.2) is 39.4 Å². The molecule has 0 radical (unpaired) electrons. The van der Waals surface area contributed by atoms with Gasteiger partial charge in [-0.3, -0.25) is 14.6 Å². The van der Waals surface area contributed by atoms with Gasteiger partial charge in [-0.25, -0.2) is 4.98 Å². The Kier molecular flexibility index (Phi) is 5.32. The first-order valence-electron chi connectivity index (χ1n) is 11.3. The third-order valence-electron chi connectivity index (χ3n) is 6.38. The van der Waals surface area contributed by atoms with Crippen LogP contribution in [0.4, 0.5) is 0 Å². The van der Waals surface area contributed by atoms with Crippen molar-refractivity contribution in [2.24, 2.45) is 5.92 Å². The quantitative estimate of drug-likeness (QED) is 0.488. The number of pyridine rings is 1. The summed E-state index contributed by atoms with van der Waals surface area (Å²) in [6.45, 7) is 3.89. The first kappa shape index (κ1) is 21.1. The normalized spacial score (nSPS) is 17.8. The van der Waals surface area contributed by atoms with Gasteiger partial charge in [0.2, 0.25) is 5.91 Å². The van der Waals surface area contributed by atoms with E-state index in [2.05, 4.69) is 26.3 Å². The number of rotatable bonds is 5. The van der Waals surface area contributed by atoms with Crippen molar-refractivity contribution in [2.45, 2.75) is 38.8 Å². The van der Waals surface area contributed by atoms with Gasteiger partial charge in [0.1, 0.15) is 5.82 Å². The van der Waals surface area contributed by atoms with E-state index in [0.717, 1.165) is 33.2 Å². The first-order chi connectivity index (χ1) is 16.0. The number of hydrogen-bond donors (Lipinski definition) is 2. The summed E-state index contributed by atoms with van der Waals surface area (Å²) in [6.07, 6.45) is 5.09. The summed E-state index contributed by atoms with van der Waals surface area (Å²) in [7, 11) is 1.67. The van der Waals surface area contributed by atoms with Crippen molar-refractivity contribution in [3.05, 3.63) is 60.4 Å². The van der Waals surface area contributed by atoms with E-state index in [1.54, 1.807) is 7.05 Å². The second kappa shape index (κ2) is 8.31. The minimum absolute atomic E-state index is 0.0206. The molecule has 2 aromatic heterocycles. The molecule has 2 amide bonds. The number of fused-ring (bicyclic) bond motifs is 2. The Morgan fingerprint density at radius 2 is 1.85 bits per heavy atom. The third kappa shape index (κ3) is 3.63. The van der Waals surface area contributed by atoms with Gasteiger partial charge in [-0.15, -0.1) is 0 Å². The van der Waals surface area contributed by atoms with Crippen LogP contribution in [0.3, 0.4) is 0 Å². The Morgan fingerprint density at radius 1 is 1.06 bits per heavy atom. The standard InChI is InChI=1S/C26H27N5O2/c1-15(2)29-26(33)20-9-6-10-22-23(20)31(18-11-17(12-18)25(32)27-3)24(30-22)21-14-28-13-16-7-4-5-8-19(16)21/h4-10,13-15,17-18H,11-12H2,1-3H3,(H,27,32)(H,29,33). The zero-order valence-corrected chi connectivity index (χ0v) is 19.0. The van der Waals surface area contributed by atoms with Crippen LogP contribution >= 0.6 is 0 Å². The molecule has 1 aliphatic carbocycles. The molecule has 0 saturated heterocycles. The van der Waals surface area contributed by atoms with Gasteiger partial charge in [0.25, 0.3) is 5.91 Å². The second-order valence-electron chi connectivity index (χ2n) is 8.95. The molecule has 33 heavy (non-hydrogen) atoms. The van der Waals surface area contributed by atoms with Crippen LogP contribution in [0, 0.1) is 5.92 Å². The van der Waals surface area contributed by atoms with Crippen molar-refractivity contribution in [3.8, 4) is 11.4 Å². The van der Waals surface area contributed by atoms with Crippen LogP contribution < -0.4 is 10.6 Å². The van der Waals surface area contributed by atoms with Gasteiger partial charge in [0, 0.05) is 48.4 Å². The summed E-state index contributed by atoms with van der Waals surface area (Å²) >= 11 is 0. The molecule has 0 aliphatic heterocycles. The fourth-order valence-corrected chi connectivity index (χ4v) is 4.73. The number of para-hydroxylation sites is 1. The molecule has 2 heterocycles. The number of hydrogen-bond acceptors (Lipinski definition) is 4. The number of carbonyl (C=O) groups is 2. The summed E-state index contributed by atoms with van der Waals surface area (Å²) in [5.41, 5.74) is 3.08. The zero-order chi connectivity index (χ0) is 23.1. The van der Waals surface area contributed by atoms with E-state index in [0.29, 0.717) is 18.4 Å². The molecule has 1 aliphatic rings. The van der Waals surface area contributed by atoms with Crippen LogP contribution in [0.5, 0.6) is 0 Å². The highest BCUT2D eigenvalue weighted by Gasteiger charge is 2.38. The molecule has 1 saturated carbocycles. The van der Waals surface area contributed by atoms with E-state index in [1.165, 1.54) is 0 Å². The molecule has 0 bridgehead atoms. The highest BCUT2D eigenvalue weighted by atomic mass is 16.2. The Hall–Kier alpha value is -3.74. The maximum absolute atomic E-state index is 13.1. The molecule has 0 spiro atoms. The van der Waals surface area contributed by atoms with Gasteiger partial charge in [0.15, 0.2) is 0 Å². The minimum atomic E-state index is -0.124. The summed E-state index contributed by atoms with van der Waals surface area (Å²) < 4.78 is 2.16. The highest BCUT2D eigenvalue weighted by molar-refractivity contribution is 6.06. The highest BCUT2D eigenvalue weighted by Crippen LogP contribution is 2.44. The summed E-state index contributed by atoms with van der Waals surface area (Å²) in [5, 5.41) is 7.85. The average molecular weight is 442 g/mol. The van der Waals surface area contributed by atoms with E-state index < -0.39 is 0 Å². The lowest BCUT2D eigenvalue weighted by Gasteiger charge is -2.36. The molecule has 7 heteroatoms. The minimum Gasteiger partial charge on any atom is -0.359 e. The van der Waals surface area contributed by atoms with Crippen LogP contribution in [0.25, 0.3) is 33.2 Å². The number of benzene rings is 2. The molecule has 4 aromatic rings. The second-order valence-corrected chi connectivity index (χ2v) is 8.95. The lowest BCUT2D eigenvalue weighted by atomic mass is 9.79. The Bertz CT molecular complexity index is 1360. The fourth-order valence-electron chi connectivity index (χ4n) is 4.73. The lowest BCUT2D eigenvalue weighted by Crippen LogP contribution is -2.38. The van der Waals surface area contributed by atoms with Crippen LogP contribution in [0.2, 0.25) is 0 Å². The predicted molar refractivity (Wildman–Crippen MR) is 129 cm³/mol. The van der Waals surface area contributed by atoms with Gasteiger partial charge in [-0.1, -0.05) is 30.3 Å². The third-order valence-corrected chi connectivity index (χ3v) is 6.38. The molecule has 2 N–H and O–H groups in total. The van der Waals surface area contributed by atoms with Gasteiger partial charge >= 0.3 is 0 Å². The lowest BCUT2D eigenvalue weighted by molar-refractivity contribution is -0.128. The van der Waals surface area contributed by atoms with Gasteiger partial charge in [-0.05, 0) is 44.2 Å².